The zero-order chi connectivity index (χ0) is 57.4. The van der Waals surface area contributed by atoms with Crippen molar-refractivity contribution in [3.05, 3.63) is 0 Å². The number of aliphatic carboxylic acids is 2. The molecule has 0 bridgehead atoms. The third-order valence-corrected chi connectivity index (χ3v) is 14.7. The number of nitrogens with one attached hydrogen (secondary N) is 1. The Morgan fingerprint density at radius 1 is 0.610 bits per heavy atom. The predicted octanol–water partition coefficient (Wildman–Crippen LogP) is -8.21. The van der Waals surface area contributed by atoms with Gasteiger partial charge in [-0.3, -0.25) is 4.79 Å². The number of unbranched alkanes of at least 4 members (excludes halogenated alkanes) is 3. The summed E-state index contributed by atoms with van der Waals surface area (Å²) in [5.41, 5.74) is 0. The van der Waals surface area contributed by atoms with Crippen LogP contribution in [0.25, 0.3) is 0 Å². The molecule has 5 fully saturated rings. The average molecular weight is 1130 g/mol. The number of carboxylic acids is 2. The van der Waals surface area contributed by atoms with Crippen LogP contribution in [-0.2, 0) is 61.8 Å². The molecule has 31 nitrogen and oxygen atoms in total. The van der Waals surface area contributed by atoms with Crippen LogP contribution in [0, 0.1) is 11.8 Å². The fourth-order valence-electron chi connectivity index (χ4n) is 9.93. The highest BCUT2D eigenvalue weighted by molar-refractivity contribution is 5.76. The molecule has 0 saturated carbocycles. The summed E-state index contributed by atoms with van der Waals surface area (Å²) in [6.45, 7) is 0.440. The van der Waals surface area contributed by atoms with Crippen molar-refractivity contribution in [2.24, 2.45) is 11.8 Å². The van der Waals surface area contributed by atoms with E-state index in [4.69, 9.17) is 47.4 Å². The van der Waals surface area contributed by atoms with E-state index < -0.39 is 228 Å². The molecule has 9 unspecified atom stereocenters. The molecule has 1 amide bonds. The van der Waals surface area contributed by atoms with Crippen molar-refractivity contribution in [3.63, 3.8) is 0 Å². The highest BCUT2D eigenvalue weighted by atomic mass is 16.8. The van der Waals surface area contributed by atoms with Gasteiger partial charge in [-0.2, -0.15) is 0 Å². The van der Waals surface area contributed by atoms with Crippen LogP contribution in [0.3, 0.4) is 0 Å². The fraction of sp³-hybridized carbons (Fsp3) is 0.935. The molecule has 5 heterocycles. The molecule has 5 saturated heterocycles. The molecule has 31 heteroatoms. The molecule has 0 spiro atoms. The van der Waals surface area contributed by atoms with Gasteiger partial charge in [-0.1, -0.05) is 40.0 Å². The standard InChI is InChI=1S/C46H79NO30/c1-5-6-7-8-9-68-41-33(62)38(30(59)24(14-50)70-41)74-40-27(47-19(4)52)37(32(61)26(72-40)16-69-45(43(64)65)10-20(53)17(2)35(75-45)28(57)22(55)12-48)73-42-34(63)39(31(60)25(15-51)71-42)77-46(44(66)67)11-21(54)18(3)36(76-46)29(58)23(56)13-49/h17-18,20-42,48-51,53-63H,5-16H2,1-4H3,(H,47,52)(H,64,65)(H,66,67)/t17-,18+,20-,21?,22-,23-,24?,25?,26?,27?,28-,29-,30+,31+,32-,33?,34?,35?,36?,37-,38+,39+,40+,41-,42+,45-,46-/m1/s1. The van der Waals surface area contributed by atoms with Crippen molar-refractivity contribution in [1.82, 2.24) is 5.32 Å². The lowest BCUT2D eigenvalue weighted by molar-refractivity contribution is -0.389. The maximum absolute atomic E-state index is 13.1. The normalized spacial score (nSPS) is 43.4. The number of aliphatic hydroxyl groups excluding tert-OH is 15. The van der Waals surface area contributed by atoms with Crippen molar-refractivity contribution in [3.8, 4) is 0 Å². The lowest BCUT2D eigenvalue weighted by atomic mass is 9.84. The second kappa shape index (κ2) is 28.4. The third kappa shape index (κ3) is 14.7. The first kappa shape index (κ1) is 65.2. The smallest absolute Gasteiger partial charge is 0.364 e. The van der Waals surface area contributed by atoms with Crippen LogP contribution in [0.1, 0.15) is 66.2 Å². The first-order valence-corrected chi connectivity index (χ1v) is 25.5. The molecule has 0 aliphatic carbocycles. The molecule has 0 aromatic heterocycles. The van der Waals surface area contributed by atoms with Crippen molar-refractivity contribution in [1.29, 1.82) is 0 Å². The van der Waals surface area contributed by atoms with Crippen molar-refractivity contribution in [2.45, 2.75) is 219 Å². The summed E-state index contributed by atoms with van der Waals surface area (Å²) in [4.78, 5) is 39.2. The topological polar surface area (TPSA) is 499 Å². The maximum atomic E-state index is 13.1. The first-order chi connectivity index (χ1) is 36.3. The van der Waals surface area contributed by atoms with Crippen LogP contribution in [0.2, 0.25) is 0 Å². The van der Waals surface area contributed by atoms with E-state index in [9.17, 15) is 101 Å². The molecule has 448 valence electrons. The van der Waals surface area contributed by atoms with Crippen LogP contribution in [-0.4, -0.2) is 297 Å². The number of aliphatic hydroxyl groups is 15. The Balaban J connectivity index is 1.56. The quantitative estimate of drug-likeness (QED) is 0.0358. The summed E-state index contributed by atoms with van der Waals surface area (Å²) < 4.78 is 58.6. The number of carbonyl (C=O) groups is 3. The second-order valence-electron chi connectivity index (χ2n) is 20.2. The van der Waals surface area contributed by atoms with Gasteiger partial charge in [0.2, 0.25) is 5.91 Å². The Morgan fingerprint density at radius 2 is 1.08 bits per heavy atom. The molecule has 77 heavy (non-hydrogen) atoms. The van der Waals surface area contributed by atoms with E-state index in [0.717, 1.165) is 26.2 Å². The number of hydrogen-bond donors (Lipinski definition) is 18. The second-order valence-corrected chi connectivity index (χ2v) is 20.2. The number of ether oxygens (including phenoxy) is 10. The highest BCUT2D eigenvalue weighted by Crippen LogP contribution is 2.42. The van der Waals surface area contributed by atoms with Crippen LogP contribution in [0.15, 0.2) is 0 Å². The molecule has 5 aliphatic heterocycles. The Morgan fingerprint density at radius 3 is 1.58 bits per heavy atom. The number of amides is 1. The van der Waals surface area contributed by atoms with Crippen LogP contribution < -0.4 is 5.32 Å². The molecule has 0 radical (unpaired) electrons. The summed E-state index contributed by atoms with van der Waals surface area (Å²) in [5, 5.41) is 186. The Kier molecular flexibility index (Phi) is 24.1. The van der Waals surface area contributed by atoms with E-state index in [1.807, 2.05) is 6.92 Å². The molecule has 18 N–H and O–H groups in total. The minimum Gasteiger partial charge on any atom is -0.477 e. The number of carbonyl (C=O) groups excluding carboxylic acids is 1. The summed E-state index contributed by atoms with van der Waals surface area (Å²) >= 11 is 0. The van der Waals surface area contributed by atoms with E-state index in [1.54, 1.807) is 0 Å². The lowest BCUT2D eigenvalue weighted by Gasteiger charge is -2.51. The largest absolute Gasteiger partial charge is 0.477 e. The van der Waals surface area contributed by atoms with Gasteiger partial charge in [0.05, 0.1) is 57.5 Å². The van der Waals surface area contributed by atoms with Gasteiger partial charge in [0.1, 0.15) is 97.6 Å². The van der Waals surface area contributed by atoms with Gasteiger partial charge >= 0.3 is 11.9 Å². The SMILES string of the molecule is CCCCCCO[C@@H]1OC(CO)[C@H](O)[C@H](O[C@@H]2OC(CO[C@]3(C(=O)O)C[C@@H](O)[C@@H](C)C([C@H](O)[C@H](O)CO)O3)[C@@H](O)[C@H](O[C@@H]3OC(CO)[C@H](O)[C@H](O[C@@]4(C(=O)O)CC(O)[C@H](C)C([C@H](O)[C@H](O)CO)O4)C3O)C2NC(C)=O)C1O. The monoisotopic (exact) mass is 1130 g/mol. The van der Waals surface area contributed by atoms with Crippen molar-refractivity contribution in [2.75, 3.05) is 39.6 Å². The first-order valence-electron chi connectivity index (χ1n) is 25.5. The third-order valence-electron chi connectivity index (χ3n) is 14.7. The summed E-state index contributed by atoms with van der Waals surface area (Å²) in [7, 11) is 0. The van der Waals surface area contributed by atoms with Gasteiger partial charge in [-0.15, -0.1) is 0 Å². The van der Waals surface area contributed by atoms with Crippen molar-refractivity contribution < 1.29 is 149 Å². The van der Waals surface area contributed by atoms with Gasteiger partial charge < -0.3 is 139 Å². The van der Waals surface area contributed by atoms with Gasteiger partial charge in [0, 0.05) is 38.2 Å². The fourth-order valence-corrected chi connectivity index (χ4v) is 9.93. The van der Waals surface area contributed by atoms with Crippen LogP contribution in [0.5, 0.6) is 0 Å². The zero-order valence-corrected chi connectivity index (χ0v) is 42.8. The Hall–Kier alpha value is -2.59. The van der Waals surface area contributed by atoms with Gasteiger partial charge in [0.25, 0.3) is 11.6 Å². The number of rotatable bonds is 26. The number of hydrogen-bond acceptors (Lipinski definition) is 28. The van der Waals surface area contributed by atoms with E-state index in [1.165, 1.54) is 13.8 Å². The minimum absolute atomic E-state index is 0.0309. The lowest BCUT2D eigenvalue weighted by Crippen LogP contribution is -2.71. The maximum Gasteiger partial charge on any atom is 0.364 e. The summed E-state index contributed by atoms with van der Waals surface area (Å²) in [6.07, 6.45) is -42.0. The van der Waals surface area contributed by atoms with Crippen LogP contribution in [0.4, 0.5) is 0 Å². The summed E-state index contributed by atoms with van der Waals surface area (Å²) in [5.74, 6) is -13.1. The number of carboxylic acid groups (broad SMARTS) is 2. The highest BCUT2D eigenvalue weighted by Gasteiger charge is 2.61. The molecular formula is C46H79NO30. The van der Waals surface area contributed by atoms with Gasteiger partial charge in [-0.25, -0.2) is 9.59 Å². The molecule has 27 atom stereocenters. The van der Waals surface area contributed by atoms with E-state index >= 15 is 0 Å². The molecule has 0 aromatic carbocycles. The average Bonchev–Trinajstić information content (AvgIpc) is 3.39. The Bertz CT molecular complexity index is 1860. The minimum atomic E-state index is -3.09. The molecule has 0 aromatic rings. The molecular weight excluding hydrogens is 1050 g/mol. The molecule has 5 rings (SSSR count). The van der Waals surface area contributed by atoms with Gasteiger partial charge in [-0.05, 0) is 6.42 Å². The van der Waals surface area contributed by atoms with Crippen molar-refractivity contribution >= 4 is 17.8 Å². The van der Waals surface area contributed by atoms with E-state index in [-0.39, 0.29) is 6.61 Å². The Labute approximate surface area is 441 Å². The zero-order valence-electron chi connectivity index (χ0n) is 42.8. The van der Waals surface area contributed by atoms with Gasteiger partial charge in [0.15, 0.2) is 18.9 Å². The van der Waals surface area contributed by atoms with E-state index in [2.05, 4.69) is 5.32 Å². The molecule has 5 aliphatic rings. The van der Waals surface area contributed by atoms with E-state index in [0.29, 0.717) is 6.42 Å². The predicted molar refractivity (Wildman–Crippen MR) is 247 cm³/mol. The summed E-state index contributed by atoms with van der Waals surface area (Å²) in [6, 6.07) is -1.90. The van der Waals surface area contributed by atoms with Crippen LogP contribution >= 0.6 is 0 Å².